The smallest absolute Gasteiger partial charge is 0.417 e. The van der Waals surface area contributed by atoms with Gasteiger partial charge in [0.2, 0.25) is 11.8 Å². The van der Waals surface area contributed by atoms with Crippen molar-refractivity contribution < 1.29 is 19.1 Å². The summed E-state index contributed by atoms with van der Waals surface area (Å²) in [5.74, 6) is 0.263. The quantitative estimate of drug-likeness (QED) is 0.662. The van der Waals surface area contributed by atoms with Gasteiger partial charge in [0.25, 0.3) is 0 Å². The van der Waals surface area contributed by atoms with Crippen LogP contribution < -0.4 is 5.32 Å². The molecule has 0 bridgehead atoms. The summed E-state index contributed by atoms with van der Waals surface area (Å²) in [6.45, 7) is 5.40. The van der Waals surface area contributed by atoms with Crippen molar-refractivity contribution in [1.82, 2.24) is 10.2 Å². The highest BCUT2D eigenvalue weighted by atomic mass is 16.6. The van der Waals surface area contributed by atoms with Gasteiger partial charge in [0, 0.05) is 0 Å². The number of nitrogens with zero attached hydrogens (tertiary/aromatic N) is 1. The molecule has 2 aliphatic carbocycles. The van der Waals surface area contributed by atoms with Crippen LogP contribution in [0.2, 0.25) is 0 Å². The van der Waals surface area contributed by atoms with Crippen molar-refractivity contribution in [3.05, 3.63) is 70.8 Å². The lowest BCUT2D eigenvalue weighted by Crippen LogP contribution is -2.57. The molecule has 0 aromatic heterocycles. The molecule has 2 aromatic carbocycles. The highest BCUT2D eigenvalue weighted by Crippen LogP contribution is 2.49. The van der Waals surface area contributed by atoms with E-state index in [4.69, 9.17) is 4.74 Å². The van der Waals surface area contributed by atoms with E-state index in [0.29, 0.717) is 6.04 Å². The van der Waals surface area contributed by atoms with Crippen LogP contribution in [0.3, 0.4) is 0 Å². The minimum atomic E-state index is -0.583. The van der Waals surface area contributed by atoms with Gasteiger partial charge < -0.3 is 10.1 Å². The number of carbonyl (C=O) groups excluding carboxylic acids is 3. The number of amides is 3. The summed E-state index contributed by atoms with van der Waals surface area (Å²) in [6.07, 6.45) is 1.14. The zero-order valence-electron chi connectivity index (χ0n) is 17.9. The highest BCUT2D eigenvalue weighted by Gasteiger charge is 2.56. The van der Waals surface area contributed by atoms with Gasteiger partial charge in [0.05, 0.1) is 23.9 Å². The minimum Gasteiger partial charge on any atom is -0.443 e. The van der Waals surface area contributed by atoms with E-state index in [2.05, 4.69) is 17.4 Å². The van der Waals surface area contributed by atoms with Crippen molar-refractivity contribution in [1.29, 1.82) is 0 Å². The monoisotopic (exact) mass is 418 g/mol. The van der Waals surface area contributed by atoms with E-state index in [1.165, 1.54) is 16.0 Å². The lowest BCUT2D eigenvalue weighted by Gasteiger charge is -2.42. The molecule has 2 heterocycles. The lowest BCUT2D eigenvalue weighted by atomic mass is 9.89. The van der Waals surface area contributed by atoms with Crippen molar-refractivity contribution in [3.63, 3.8) is 0 Å². The highest BCUT2D eigenvalue weighted by molar-refractivity contribution is 6.00. The van der Waals surface area contributed by atoms with E-state index in [1.54, 1.807) is 20.8 Å². The van der Waals surface area contributed by atoms with Crippen LogP contribution in [-0.2, 0) is 27.2 Å². The second kappa shape index (κ2) is 6.94. The number of hydrogen-bond donors (Lipinski definition) is 1. The van der Waals surface area contributed by atoms with Gasteiger partial charge in [-0.3, -0.25) is 9.59 Å². The number of imide groups is 1. The second-order valence-corrected chi connectivity index (χ2v) is 9.64. The largest absolute Gasteiger partial charge is 0.443 e. The molecule has 160 valence electrons. The standard InChI is InChI=1S/C15H17NO3.C10H9NO/c1-15(2,3)19-14(18)16-12-10-7-5-4-6-9(10)8-11(12)13(16)17;12-10-8-5-6-3-1-2-4-7(6)9(8)11-10/h4-7,11-12H,8H2,1-3H3;1-4,8-9H,5H2,(H,11,12)/t11-,12+;8-,9+/m11/s1. The molecule has 0 spiro atoms. The Morgan fingerprint density at radius 2 is 1.52 bits per heavy atom. The van der Waals surface area contributed by atoms with E-state index < -0.39 is 11.7 Å². The van der Waals surface area contributed by atoms with Crippen molar-refractivity contribution in [2.75, 3.05) is 0 Å². The molecule has 4 aliphatic rings. The Balaban J connectivity index is 0.000000145. The fourth-order valence-electron chi connectivity index (χ4n) is 5.05. The van der Waals surface area contributed by atoms with Crippen LogP contribution in [0, 0.1) is 11.8 Å². The number of ether oxygens (including phenoxy) is 1. The third-order valence-corrected chi connectivity index (χ3v) is 6.48. The molecule has 2 saturated heterocycles. The number of carbonyl (C=O) groups is 3. The molecule has 6 nitrogen and oxygen atoms in total. The number of nitrogens with one attached hydrogen (secondary N) is 1. The first-order chi connectivity index (χ1) is 14.7. The van der Waals surface area contributed by atoms with Crippen LogP contribution in [-0.4, -0.2) is 28.4 Å². The minimum absolute atomic E-state index is 0.0788. The molecule has 3 amide bonds. The number of likely N-dealkylation sites (tertiary alicyclic amines) is 1. The molecule has 2 fully saturated rings. The van der Waals surface area contributed by atoms with Gasteiger partial charge in [0.1, 0.15) is 5.60 Å². The Bertz CT molecular complexity index is 1090. The summed E-state index contributed by atoms with van der Waals surface area (Å²) >= 11 is 0. The van der Waals surface area contributed by atoms with E-state index in [-0.39, 0.29) is 29.7 Å². The SMILES string of the molecule is CC(C)(C)OC(=O)N1C(=O)[C@@H]2Cc3ccccc3[C@@H]21.O=C1N[C@H]2c3ccccc3C[C@@H]12. The number of fused-ring (bicyclic) bond motifs is 6. The maximum atomic E-state index is 12.1. The maximum Gasteiger partial charge on any atom is 0.417 e. The predicted molar refractivity (Wildman–Crippen MR) is 114 cm³/mol. The summed E-state index contributed by atoms with van der Waals surface area (Å²) in [5.41, 5.74) is 4.32. The Morgan fingerprint density at radius 3 is 2.16 bits per heavy atom. The molecule has 0 saturated carbocycles. The summed E-state index contributed by atoms with van der Waals surface area (Å²) in [4.78, 5) is 36.5. The molecule has 1 N–H and O–H groups in total. The third kappa shape index (κ3) is 3.21. The Labute approximate surface area is 181 Å². The molecule has 0 unspecified atom stereocenters. The van der Waals surface area contributed by atoms with E-state index in [1.807, 2.05) is 36.4 Å². The Morgan fingerprint density at radius 1 is 0.935 bits per heavy atom. The normalized spacial score (nSPS) is 26.7. The van der Waals surface area contributed by atoms with Crippen LogP contribution >= 0.6 is 0 Å². The van der Waals surface area contributed by atoms with Gasteiger partial charge in [-0.2, -0.15) is 0 Å². The van der Waals surface area contributed by atoms with Gasteiger partial charge in [-0.15, -0.1) is 0 Å². The van der Waals surface area contributed by atoms with E-state index in [9.17, 15) is 14.4 Å². The van der Waals surface area contributed by atoms with Crippen molar-refractivity contribution >= 4 is 17.9 Å². The molecule has 31 heavy (non-hydrogen) atoms. The molecule has 2 aliphatic heterocycles. The zero-order valence-corrected chi connectivity index (χ0v) is 17.9. The second-order valence-electron chi connectivity index (χ2n) is 9.64. The first kappa shape index (κ1) is 19.8. The molecular formula is C25H26N2O4. The van der Waals surface area contributed by atoms with Crippen molar-refractivity contribution in [3.8, 4) is 0 Å². The van der Waals surface area contributed by atoms with Crippen LogP contribution in [0.1, 0.15) is 55.1 Å². The number of benzene rings is 2. The fourth-order valence-corrected chi connectivity index (χ4v) is 5.05. The summed E-state index contributed by atoms with van der Waals surface area (Å²) in [6, 6.07) is 16.4. The van der Waals surface area contributed by atoms with Crippen LogP contribution in [0.4, 0.5) is 4.79 Å². The summed E-state index contributed by atoms with van der Waals surface area (Å²) in [5, 5.41) is 2.92. The molecule has 6 rings (SSSR count). The average Bonchev–Trinajstić information content (AvgIpc) is 3.20. The zero-order chi connectivity index (χ0) is 21.9. The van der Waals surface area contributed by atoms with Gasteiger partial charge in [-0.25, -0.2) is 9.69 Å². The summed E-state index contributed by atoms with van der Waals surface area (Å²) < 4.78 is 5.30. The van der Waals surface area contributed by atoms with Crippen LogP contribution in [0.25, 0.3) is 0 Å². The first-order valence-electron chi connectivity index (χ1n) is 10.8. The lowest BCUT2D eigenvalue weighted by molar-refractivity contribution is -0.152. The van der Waals surface area contributed by atoms with Gasteiger partial charge in [-0.05, 0) is 55.9 Å². The van der Waals surface area contributed by atoms with Crippen molar-refractivity contribution in [2.45, 2.75) is 51.3 Å². The number of hydrogen-bond acceptors (Lipinski definition) is 4. The van der Waals surface area contributed by atoms with E-state index >= 15 is 0 Å². The molecular weight excluding hydrogens is 392 g/mol. The molecule has 2 aromatic rings. The van der Waals surface area contributed by atoms with Gasteiger partial charge >= 0.3 is 6.09 Å². The number of β-lactam (4-membered cyclic amide) rings is 2. The van der Waals surface area contributed by atoms with Crippen LogP contribution in [0.5, 0.6) is 0 Å². The van der Waals surface area contributed by atoms with Crippen LogP contribution in [0.15, 0.2) is 48.5 Å². The van der Waals surface area contributed by atoms with E-state index in [0.717, 1.165) is 24.0 Å². The Kier molecular flexibility index (Phi) is 4.43. The fraction of sp³-hybridized carbons (Fsp3) is 0.400. The third-order valence-electron chi connectivity index (χ3n) is 6.48. The topological polar surface area (TPSA) is 75.7 Å². The maximum absolute atomic E-state index is 12.1. The molecule has 4 atom stereocenters. The molecule has 6 heteroatoms. The first-order valence-corrected chi connectivity index (χ1v) is 10.8. The summed E-state index contributed by atoms with van der Waals surface area (Å²) in [7, 11) is 0. The van der Waals surface area contributed by atoms with Crippen molar-refractivity contribution in [2.24, 2.45) is 11.8 Å². The number of rotatable bonds is 0. The van der Waals surface area contributed by atoms with Gasteiger partial charge in [-0.1, -0.05) is 48.5 Å². The molecule has 0 radical (unpaired) electrons. The van der Waals surface area contributed by atoms with Gasteiger partial charge in [0.15, 0.2) is 0 Å². The Hall–Kier alpha value is -3.15. The average molecular weight is 418 g/mol. The predicted octanol–water partition coefficient (Wildman–Crippen LogP) is 3.71.